The van der Waals surface area contributed by atoms with Crippen molar-refractivity contribution in [3.63, 3.8) is 0 Å². The maximum absolute atomic E-state index is 10.1. The Morgan fingerprint density at radius 3 is 2.77 bits per heavy atom. The molecule has 3 aliphatic carbocycles. The smallest absolute Gasteiger partial charge is 0.119 e. The van der Waals surface area contributed by atoms with E-state index < -0.39 is 17.8 Å². The van der Waals surface area contributed by atoms with Crippen LogP contribution in [0.5, 0.6) is 0 Å². The lowest BCUT2D eigenvalue weighted by atomic mass is 9.62. The highest BCUT2D eigenvalue weighted by molar-refractivity contribution is 5.40. The Morgan fingerprint density at radius 2 is 2.07 bits per heavy atom. The summed E-state index contributed by atoms with van der Waals surface area (Å²) in [5, 5.41) is 30.0. The first-order chi connectivity index (χ1) is 14.0. The van der Waals surface area contributed by atoms with E-state index in [9.17, 15) is 15.3 Å². The number of fused-ring (bicyclic) bond motifs is 1. The minimum Gasteiger partial charge on any atom is -0.393 e. The second-order valence-electron chi connectivity index (χ2n) is 10.3. The number of aliphatic hydroxyl groups excluding tert-OH is 2. The molecule has 0 radical (unpaired) electrons. The number of allylic oxidation sites excluding steroid dienone is 5. The third-order valence-electron chi connectivity index (χ3n) is 7.21. The third kappa shape index (κ3) is 4.99. The fourth-order valence-corrected chi connectivity index (χ4v) is 5.61. The summed E-state index contributed by atoms with van der Waals surface area (Å²) in [5.41, 5.74) is 3.95. The molecule has 3 heteroatoms. The van der Waals surface area contributed by atoms with E-state index in [4.69, 9.17) is 0 Å². The van der Waals surface area contributed by atoms with Crippen LogP contribution in [0.2, 0.25) is 0 Å². The standard InChI is InChI=1S/C27H38O3/c1-18(8-6-14-26(3,4)30)23-12-13-24-20(9-7-15-27(23,24)5)10-11-21-16-22(28)17-25(29)19(21)2/h10-12,18,22,24-25,28-30H,2,7-9,13,15-17H2,1,3-5H3/b20-10+,21-11-/t18-,22+,24?,25-,27+/m0/s1. The Kier molecular flexibility index (Phi) is 6.82. The van der Waals surface area contributed by atoms with Crippen LogP contribution in [-0.4, -0.2) is 33.1 Å². The quantitative estimate of drug-likeness (QED) is 0.460. The van der Waals surface area contributed by atoms with Crippen LogP contribution in [0.15, 0.2) is 47.1 Å². The predicted octanol–water partition coefficient (Wildman–Crippen LogP) is 4.85. The van der Waals surface area contributed by atoms with Gasteiger partial charge in [-0.05, 0) is 74.3 Å². The second kappa shape index (κ2) is 8.87. The Hall–Kier alpha value is -1.60. The van der Waals surface area contributed by atoms with E-state index in [2.05, 4.69) is 50.5 Å². The van der Waals surface area contributed by atoms with Gasteiger partial charge in [0.15, 0.2) is 0 Å². The van der Waals surface area contributed by atoms with E-state index in [-0.39, 0.29) is 5.41 Å². The number of rotatable bonds is 3. The number of aliphatic hydroxyl groups is 3. The highest BCUT2D eigenvalue weighted by Gasteiger charge is 2.45. The molecule has 5 atom stereocenters. The molecule has 0 aromatic carbocycles. The van der Waals surface area contributed by atoms with E-state index in [1.807, 2.05) is 0 Å². The van der Waals surface area contributed by atoms with Gasteiger partial charge in [-0.3, -0.25) is 0 Å². The zero-order chi connectivity index (χ0) is 22.1. The molecule has 0 spiro atoms. The van der Waals surface area contributed by atoms with Crippen molar-refractivity contribution in [2.45, 2.75) is 90.4 Å². The summed E-state index contributed by atoms with van der Waals surface area (Å²) >= 11 is 0. The van der Waals surface area contributed by atoms with E-state index in [0.29, 0.717) is 24.7 Å². The fraction of sp³-hybridized carbons (Fsp3) is 0.630. The minimum atomic E-state index is -0.936. The van der Waals surface area contributed by atoms with E-state index in [1.54, 1.807) is 13.8 Å². The van der Waals surface area contributed by atoms with Gasteiger partial charge in [-0.15, -0.1) is 0 Å². The van der Waals surface area contributed by atoms with Crippen molar-refractivity contribution in [2.24, 2.45) is 17.3 Å². The molecule has 3 aliphatic rings. The molecule has 0 amide bonds. The van der Waals surface area contributed by atoms with Gasteiger partial charge in [-0.1, -0.05) is 61.6 Å². The highest BCUT2D eigenvalue weighted by Crippen LogP contribution is 2.56. The molecule has 30 heavy (non-hydrogen) atoms. The molecule has 3 N–H and O–H groups in total. The van der Waals surface area contributed by atoms with Crippen molar-refractivity contribution >= 4 is 0 Å². The first kappa shape index (κ1) is 23.1. The normalized spacial score (nSPS) is 35.6. The molecule has 1 unspecified atom stereocenters. The van der Waals surface area contributed by atoms with Gasteiger partial charge in [0.1, 0.15) is 5.60 Å². The summed E-state index contributed by atoms with van der Waals surface area (Å²) in [7, 11) is 0. The molecule has 0 aromatic heterocycles. The first-order valence-electron chi connectivity index (χ1n) is 11.4. The topological polar surface area (TPSA) is 60.7 Å². The van der Waals surface area contributed by atoms with Gasteiger partial charge in [0.2, 0.25) is 0 Å². The van der Waals surface area contributed by atoms with Crippen molar-refractivity contribution in [3.8, 4) is 11.8 Å². The highest BCUT2D eigenvalue weighted by atomic mass is 16.3. The Labute approximate surface area is 182 Å². The molecule has 2 saturated carbocycles. The maximum Gasteiger partial charge on any atom is 0.119 e. The monoisotopic (exact) mass is 410 g/mol. The van der Waals surface area contributed by atoms with Gasteiger partial charge < -0.3 is 15.3 Å². The lowest BCUT2D eigenvalue weighted by Gasteiger charge is -2.42. The molecule has 0 aliphatic heterocycles. The summed E-state index contributed by atoms with van der Waals surface area (Å²) in [5.74, 6) is 7.03. The van der Waals surface area contributed by atoms with Crippen molar-refractivity contribution < 1.29 is 15.3 Å². The lowest BCUT2D eigenvalue weighted by molar-refractivity contribution is 0.0862. The molecule has 3 rings (SSSR count). The van der Waals surface area contributed by atoms with Gasteiger partial charge in [0.05, 0.1) is 12.2 Å². The first-order valence-corrected chi connectivity index (χ1v) is 11.4. The molecular weight excluding hydrogens is 372 g/mol. The van der Waals surface area contributed by atoms with Gasteiger partial charge >= 0.3 is 0 Å². The molecule has 164 valence electrons. The summed E-state index contributed by atoms with van der Waals surface area (Å²) < 4.78 is 0. The summed E-state index contributed by atoms with van der Waals surface area (Å²) in [6.07, 6.45) is 11.9. The van der Waals surface area contributed by atoms with Crippen LogP contribution in [0.1, 0.15) is 72.6 Å². The Balaban J connectivity index is 1.76. The number of hydrogen-bond acceptors (Lipinski definition) is 3. The van der Waals surface area contributed by atoms with Crippen molar-refractivity contribution in [3.05, 3.63) is 47.1 Å². The minimum absolute atomic E-state index is 0.168. The summed E-state index contributed by atoms with van der Waals surface area (Å²) in [4.78, 5) is 0. The Bertz CT molecular complexity index is 826. The van der Waals surface area contributed by atoms with Crippen LogP contribution in [0.4, 0.5) is 0 Å². The third-order valence-corrected chi connectivity index (χ3v) is 7.21. The maximum atomic E-state index is 10.1. The van der Waals surface area contributed by atoms with Gasteiger partial charge in [0.25, 0.3) is 0 Å². The fourth-order valence-electron chi connectivity index (χ4n) is 5.61. The van der Waals surface area contributed by atoms with Crippen molar-refractivity contribution in [2.75, 3.05) is 0 Å². The molecule has 0 heterocycles. The summed E-state index contributed by atoms with van der Waals surface area (Å²) in [6.45, 7) is 12.1. The van der Waals surface area contributed by atoms with Gasteiger partial charge in [-0.2, -0.15) is 0 Å². The van der Waals surface area contributed by atoms with Crippen LogP contribution < -0.4 is 0 Å². The molecule has 2 fully saturated rings. The summed E-state index contributed by atoms with van der Waals surface area (Å²) in [6, 6.07) is 0. The van der Waals surface area contributed by atoms with Gasteiger partial charge in [-0.25, -0.2) is 0 Å². The van der Waals surface area contributed by atoms with E-state index in [1.165, 1.54) is 24.0 Å². The molecule has 0 bridgehead atoms. The molecule has 3 nitrogen and oxygen atoms in total. The van der Waals surface area contributed by atoms with Crippen LogP contribution in [0.25, 0.3) is 0 Å². The van der Waals surface area contributed by atoms with Crippen LogP contribution in [0.3, 0.4) is 0 Å². The number of hydrogen-bond donors (Lipinski definition) is 3. The average Bonchev–Trinajstić information content (AvgIpc) is 3.00. The zero-order valence-electron chi connectivity index (χ0n) is 19.0. The van der Waals surface area contributed by atoms with Crippen molar-refractivity contribution in [1.29, 1.82) is 0 Å². The largest absolute Gasteiger partial charge is 0.393 e. The second-order valence-corrected chi connectivity index (χ2v) is 10.3. The van der Waals surface area contributed by atoms with Crippen LogP contribution in [-0.2, 0) is 0 Å². The molecular formula is C27H38O3. The predicted molar refractivity (Wildman–Crippen MR) is 123 cm³/mol. The average molecular weight is 411 g/mol. The van der Waals surface area contributed by atoms with Gasteiger partial charge in [0, 0.05) is 12.8 Å². The van der Waals surface area contributed by atoms with Crippen LogP contribution >= 0.6 is 0 Å². The molecule has 0 aromatic rings. The SMILES string of the molecule is C=C1/C(=C\C=C2/CCC[C@]3(C)C([C@@H](C)CC#CC(C)(C)O)=CCC23)C[C@@H](O)C[C@@H]1O. The van der Waals surface area contributed by atoms with Crippen molar-refractivity contribution in [1.82, 2.24) is 0 Å². The zero-order valence-corrected chi connectivity index (χ0v) is 19.0. The van der Waals surface area contributed by atoms with E-state index >= 15 is 0 Å². The Morgan fingerprint density at radius 1 is 1.33 bits per heavy atom. The van der Waals surface area contributed by atoms with Crippen LogP contribution in [0, 0.1) is 29.1 Å². The lowest BCUT2D eigenvalue weighted by Crippen LogP contribution is -2.32. The molecule has 0 saturated heterocycles. The van der Waals surface area contributed by atoms with E-state index in [0.717, 1.165) is 30.4 Å².